The van der Waals surface area contributed by atoms with Crippen molar-refractivity contribution < 1.29 is 23.9 Å². The number of hydrogen-bond donors (Lipinski definition) is 2. The molecule has 0 bridgehead atoms. The van der Waals surface area contributed by atoms with Crippen LogP contribution in [0.1, 0.15) is 42.7 Å². The minimum atomic E-state index is -0.710. The second kappa shape index (κ2) is 9.55. The number of rotatable bonds is 6. The summed E-state index contributed by atoms with van der Waals surface area (Å²) in [6.07, 6.45) is -0.306. The summed E-state index contributed by atoms with van der Waals surface area (Å²) in [5.41, 5.74) is 2.47. The highest BCUT2D eigenvalue weighted by Crippen LogP contribution is 2.32. The second-order valence-electron chi connectivity index (χ2n) is 7.71. The van der Waals surface area contributed by atoms with E-state index in [0.717, 1.165) is 0 Å². The van der Waals surface area contributed by atoms with Gasteiger partial charge in [-0.2, -0.15) is 0 Å². The fourth-order valence-electron chi connectivity index (χ4n) is 3.39. The molecule has 0 saturated carbocycles. The van der Waals surface area contributed by atoms with Crippen molar-refractivity contribution in [1.82, 2.24) is 10.2 Å². The molecule has 2 aromatic carbocycles. The van der Waals surface area contributed by atoms with Crippen LogP contribution >= 0.6 is 0 Å². The SMILES string of the molecule is COc1cccc(C(=O)Nc2cccc(C3NC(=O)N(C)C(C)=C3C(=O)OC(C)C)c2)c1. The van der Waals surface area contributed by atoms with Crippen LogP contribution in [0.15, 0.2) is 59.8 Å². The Morgan fingerprint density at radius 2 is 1.84 bits per heavy atom. The maximum Gasteiger partial charge on any atom is 0.338 e. The van der Waals surface area contributed by atoms with Crippen LogP contribution < -0.4 is 15.4 Å². The predicted octanol–water partition coefficient (Wildman–Crippen LogP) is 3.87. The first-order chi connectivity index (χ1) is 15.2. The van der Waals surface area contributed by atoms with E-state index in [1.165, 1.54) is 12.0 Å². The molecule has 0 aromatic heterocycles. The maximum atomic E-state index is 12.8. The van der Waals surface area contributed by atoms with Gasteiger partial charge in [-0.05, 0) is 56.7 Å². The third-order valence-corrected chi connectivity index (χ3v) is 5.13. The average molecular weight is 437 g/mol. The van der Waals surface area contributed by atoms with Gasteiger partial charge in [-0.3, -0.25) is 4.79 Å². The number of hydrogen-bond acceptors (Lipinski definition) is 5. The molecule has 0 aliphatic carbocycles. The predicted molar refractivity (Wildman–Crippen MR) is 120 cm³/mol. The van der Waals surface area contributed by atoms with Crippen molar-refractivity contribution in [3.05, 3.63) is 70.9 Å². The number of anilines is 1. The number of ether oxygens (including phenoxy) is 2. The summed E-state index contributed by atoms with van der Waals surface area (Å²) in [7, 11) is 3.13. The van der Waals surface area contributed by atoms with Crippen molar-refractivity contribution in [3.8, 4) is 5.75 Å². The molecule has 0 radical (unpaired) electrons. The number of benzene rings is 2. The van der Waals surface area contributed by atoms with E-state index in [-0.39, 0.29) is 18.0 Å². The van der Waals surface area contributed by atoms with Crippen LogP contribution in [0.3, 0.4) is 0 Å². The Hall–Kier alpha value is -3.81. The molecule has 2 N–H and O–H groups in total. The lowest BCUT2D eigenvalue weighted by Crippen LogP contribution is -2.46. The molecule has 0 spiro atoms. The van der Waals surface area contributed by atoms with E-state index < -0.39 is 12.0 Å². The van der Waals surface area contributed by atoms with Crippen molar-refractivity contribution in [3.63, 3.8) is 0 Å². The lowest BCUT2D eigenvalue weighted by Gasteiger charge is -2.33. The normalized spacial score (nSPS) is 16.0. The summed E-state index contributed by atoms with van der Waals surface area (Å²) >= 11 is 0. The Kier molecular flexibility index (Phi) is 6.82. The van der Waals surface area contributed by atoms with Crippen molar-refractivity contribution in [2.75, 3.05) is 19.5 Å². The van der Waals surface area contributed by atoms with Gasteiger partial charge in [0.2, 0.25) is 0 Å². The van der Waals surface area contributed by atoms with Crippen molar-refractivity contribution >= 4 is 23.6 Å². The molecule has 8 nitrogen and oxygen atoms in total. The zero-order chi connectivity index (χ0) is 23.4. The van der Waals surface area contributed by atoms with Gasteiger partial charge in [0.25, 0.3) is 5.91 Å². The zero-order valence-corrected chi connectivity index (χ0v) is 18.8. The van der Waals surface area contributed by atoms with E-state index in [1.54, 1.807) is 76.3 Å². The van der Waals surface area contributed by atoms with Crippen LogP contribution in [0.2, 0.25) is 0 Å². The van der Waals surface area contributed by atoms with Crippen LogP contribution in [-0.4, -0.2) is 43.1 Å². The first kappa shape index (κ1) is 22.9. The van der Waals surface area contributed by atoms with Gasteiger partial charge in [0.15, 0.2) is 0 Å². The molecule has 0 saturated heterocycles. The van der Waals surface area contributed by atoms with Crippen LogP contribution in [0, 0.1) is 0 Å². The number of esters is 1. The van der Waals surface area contributed by atoms with Crippen molar-refractivity contribution in [2.45, 2.75) is 32.9 Å². The second-order valence-corrected chi connectivity index (χ2v) is 7.71. The van der Waals surface area contributed by atoms with Crippen LogP contribution in [0.25, 0.3) is 0 Å². The first-order valence-corrected chi connectivity index (χ1v) is 10.2. The number of allylic oxidation sites excluding steroid dienone is 1. The smallest absolute Gasteiger partial charge is 0.338 e. The molecular weight excluding hydrogens is 410 g/mol. The highest BCUT2D eigenvalue weighted by atomic mass is 16.5. The number of carbonyl (C=O) groups is 3. The summed E-state index contributed by atoms with van der Waals surface area (Å²) in [6, 6.07) is 12.8. The average Bonchev–Trinajstić information content (AvgIpc) is 2.76. The Labute approximate surface area is 187 Å². The van der Waals surface area contributed by atoms with Gasteiger partial charge in [-0.15, -0.1) is 0 Å². The molecule has 3 amide bonds. The van der Waals surface area contributed by atoms with Crippen molar-refractivity contribution in [2.24, 2.45) is 0 Å². The Bertz CT molecular complexity index is 1080. The van der Waals surface area contributed by atoms with Crippen molar-refractivity contribution in [1.29, 1.82) is 0 Å². The molecule has 1 unspecified atom stereocenters. The fourth-order valence-corrected chi connectivity index (χ4v) is 3.39. The monoisotopic (exact) mass is 437 g/mol. The topological polar surface area (TPSA) is 97.0 Å². The Balaban J connectivity index is 1.91. The number of nitrogens with zero attached hydrogens (tertiary/aromatic N) is 1. The van der Waals surface area contributed by atoms with Gasteiger partial charge in [0, 0.05) is 24.0 Å². The third kappa shape index (κ3) is 4.91. The van der Waals surface area contributed by atoms with Gasteiger partial charge in [0.05, 0.1) is 24.8 Å². The Morgan fingerprint density at radius 3 is 2.53 bits per heavy atom. The number of nitrogens with one attached hydrogen (secondary N) is 2. The molecule has 2 aromatic rings. The molecule has 8 heteroatoms. The third-order valence-electron chi connectivity index (χ3n) is 5.13. The minimum absolute atomic E-state index is 0.306. The first-order valence-electron chi connectivity index (χ1n) is 10.2. The van der Waals surface area contributed by atoms with E-state index in [0.29, 0.717) is 33.8 Å². The van der Waals surface area contributed by atoms with Crippen LogP contribution in [-0.2, 0) is 9.53 Å². The lowest BCUT2D eigenvalue weighted by molar-refractivity contribution is -0.143. The molecule has 1 heterocycles. The van der Waals surface area contributed by atoms with Gasteiger partial charge in [0.1, 0.15) is 5.75 Å². The maximum absolute atomic E-state index is 12.8. The molecule has 1 aliphatic heterocycles. The highest BCUT2D eigenvalue weighted by Gasteiger charge is 2.35. The number of urea groups is 1. The largest absolute Gasteiger partial charge is 0.497 e. The summed E-state index contributed by atoms with van der Waals surface area (Å²) in [5.74, 6) is -0.228. The molecular formula is C24H27N3O5. The summed E-state index contributed by atoms with van der Waals surface area (Å²) in [4.78, 5) is 39.3. The lowest BCUT2D eigenvalue weighted by atomic mass is 9.94. The number of methoxy groups -OCH3 is 1. The fraction of sp³-hybridized carbons (Fsp3) is 0.292. The number of carbonyl (C=O) groups excluding carboxylic acids is 3. The van der Waals surface area contributed by atoms with Gasteiger partial charge < -0.3 is 25.0 Å². The summed E-state index contributed by atoms with van der Waals surface area (Å²) in [6.45, 7) is 5.24. The minimum Gasteiger partial charge on any atom is -0.497 e. The van der Waals surface area contributed by atoms with E-state index in [9.17, 15) is 14.4 Å². The quantitative estimate of drug-likeness (QED) is 0.669. The zero-order valence-electron chi connectivity index (χ0n) is 18.8. The summed E-state index contributed by atoms with van der Waals surface area (Å²) in [5, 5.41) is 5.69. The molecule has 3 rings (SSSR count). The van der Waals surface area contributed by atoms with E-state index in [4.69, 9.17) is 9.47 Å². The standard InChI is InChI=1S/C24H27N3O5/c1-14(2)32-23(29)20-15(3)27(4)24(30)26-21(20)16-8-6-10-18(12-16)25-22(28)17-9-7-11-19(13-17)31-5/h6-14,21H,1-5H3,(H,25,28)(H,26,30). The van der Waals surface area contributed by atoms with Gasteiger partial charge >= 0.3 is 12.0 Å². The number of amides is 3. The Morgan fingerprint density at radius 1 is 1.12 bits per heavy atom. The van der Waals surface area contributed by atoms with E-state index in [1.807, 2.05) is 0 Å². The molecule has 168 valence electrons. The summed E-state index contributed by atoms with van der Waals surface area (Å²) < 4.78 is 10.6. The molecule has 0 fully saturated rings. The molecule has 1 atom stereocenters. The molecule has 1 aliphatic rings. The van der Waals surface area contributed by atoms with Gasteiger partial charge in [-0.1, -0.05) is 18.2 Å². The van der Waals surface area contributed by atoms with E-state index in [2.05, 4.69) is 10.6 Å². The van der Waals surface area contributed by atoms with E-state index >= 15 is 0 Å². The van der Waals surface area contributed by atoms with Gasteiger partial charge in [-0.25, -0.2) is 9.59 Å². The molecule has 32 heavy (non-hydrogen) atoms. The van der Waals surface area contributed by atoms with Crippen LogP contribution in [0.5, 0.6) is 5.75 Å². The van der Waals surface area contributed by atoms with Crippen LogP contribution in [0.4, 0.5) is 10.5 Å². The highest BCUT2D eigenvalue weighted by molar-refractivity contribution is 6.04.